The molecule has 2 amide bonds. The standard InChI is InChI=1S/C28H32N2O5/c1-2-3-8-20(17-26(31)30-15-13-19(14-16-30)27(32)33)29-28(34)35-18-25-23-11-6-4-9-21(23)22-10-5-7-12-24(22)25/h4-7,9-13,20,25H,2-3,8,14-18H2,1H3,(H,29,34)(H,32,33)/t20-/m1/s1. The SMILES string of the molecule is CCCC[C@H](CC(=O)N1CC=C(C(=O)O)CC1)NC(=O)OCC1c2ccccc2-c2ccccc21. The first kappa shape index (κ1) is 24.5. The molecule has 0 unspecified atom stereocenters. The van der Waals surface area contributed by atoms with Crippen LogP contribution in [-0.4, -0.2) is 53.7 Å². The maximum atomic E-state index is 12.8. The molecule has 2 N–H and O–H groups in total. The Morgan fingerprint density at radius 3 is 2.31 bits per heavy atom. The fraction of sp³-hybridized carbons (Fsp3) is 0.393. The lowest BCUT2D eigenvalue weighted by molar-refractivity contribution is -0.135. The molecule has 0 bridgehead atoms. The van der Waals surface area contributed by atoms with Gasteiger partial charge in [0.1, 0.15) is 6.61 Å². The monoisotopic (exact) mass is 476 g/mol. The number of unbranched alkanes of at least 4 members (excludes halogenated alkanes) is 1. The third-order valence-electron chi connectivity index (χ3n) is 6.83. The molecule has 4 rings (SSSR count). The Morgan fingerprint density at radius 1 is 1.09 bits per heavy atom. The second-order valence-corrected chi connectivity index (χ2v) is 9.14. The summed E-state index contributed by atoms with van der Waals surface area (Å²) in [4.78, 5) is 38.3. The molecule has 1 atom stereocenters. The molecular weight excluding hydrogens is 444 g/mol. The number of fused-ring (bicyclic) bond motifs is 3. The molecule has 2 aliphatic rings. The van der Waals surface area contributed by atoms with Gasteiger partial charge in [-0.05, 0) is 35.1 Å². The number of carboxylic acids is 1. The minimum absolute atomic E-state index is 0.0209. The summed E-state index contributed by atoms with van der Waals surface area (Å²) < 4.78 is 5.67. The maximum absolute atomic E-state index is 12.8. The summed E-state index contributed by atoms with van der Waals surface area (Å²) in [5.74, 6) is -1.05. The van der Waals surface area contributed by atoms with Crippen molar-refractivity contribution in [1.29, 1.82) is 0 Å². The van der Waals surface area contributed by atoms with Crippen LogP contribution in [0, 0.1) is 0 Å². The quantitative estimate of drug-likeness (QED) is 0.546. The summed E-state index contributed by atoms with van der Waals surface area (Å²) in [7, 11) is 0. The molecule has 35 heavy (non-hydrogen) atoms. The minimum Gasteiger partial charge on any atom is -0.478 e. The second kappa shape index (κ2) is 11.2. The molecular formula is C28H32N2O5. The normalized spacial score (nSPS) is 15.6. The molecule has 0 fully saturated rings. The van der Waals surface area contributed by atoms with E-state index >= 15 is 0 Å². The van der Waals surface area contributed by atoms with Crippen LogP contribution in [0.1, 0.15) is 56.1 Å². The summed E-state index contributed by atoms with van der Waals surface area (Å²) in [5.41, 5.74) is 4.99. The Hall–Kier alpha value is -3.61. The molecule has 0 radical (unpaired) electrons. The van der Waals surface area contributed by atoms with E-state index in [1.807, 2.05) is 24.3 Å². The first-order chi connectivity index (χ1) is 17.0. The predicted octanol–water partition coefficient (Wildman–Crippen LogP) is 4.72. The van der Waals surface area contributed by atoms with Crippen molar-refractivity contribution in [3.8, 4) is 11.1 Å². The Morgan fingerprint density at radius 2 is 1.74 bits per heavy atom. The molecule has 1 aliphatic carbocycles. The van der Waals surface area contributed by atoms with Crippen molar-refractivity contribution in [3.63, 3.8) is 0 Å². The molecule has 2 aromatic carbocycles. The van der Waals surface area contributed by atoms with Crippen LogP contribution in [0.25, 0.3) is 11.1 Å². The molecule has 7 nitrogen and oxygen atoms in total. The van der Waals surface area contributed by atoms with Crippen LogP contribution in [0.2, 0.25) is 0 Å². The molecule has 0 saturated carbocycles. The van der Waals surface area contributed by atoms with Crippen LogP contribution >= 0.6 is 0 Å². The van der Waals surface area contributed by atoms with E-state index in [2.05, 4.69) is 36.5 Å². The van der Waals surface area contributed by atoms with Crippen molar-refractivity contribution in [2.24, 2.45) is 0 Å². The van der Waals surface area contributed by atoms with Crippen molar-refractivity contribution in [2.75, 3.05) is 19.7 Å². The zero-order valence-electron chi connectivity index (χ0n) is 20.0. The van der Waals surface area contributed by atoms with Crippen LogP contribution in [0.3, 0.4) is 0 Å². The Bertz CT molecular complexity index is 1080. The van der Waals surface area contributed by atoms with Gasteiger partial charge in [-0.1, -0.05) is 74.4 Å². The van der Waals surface area contributed by atoms with Gasteiger partial charge in [0.25, 0.3) is 0 Å². The molecule has 184 valence electrons. The Balaban J connectivity index is 1.35. The van der Waals surface area contributed by atoms with Gasteiger partial charge in [0.2, 0.25) is 5.91 Å². The number of rotatable bonds is 9. The first-order valence-corrected chi connectivity index (χ1v) is 12.3. The maximum Gasteiger partial charge on any atom is 0.407 e. The molecule has 0 spiro atoms. The predicted molar refractivity (Wildman–Crippen MR) is 133 cm³/mol. The third-order valence-corrected chi connectivity index (χ3v) is 6.83. The number of alkyl carbamates (subject to hydrolysis) is 1. The molecule has 1 heterocycles. The van der Waals surface area contributed by atoms with Crippen LogP contribution < -0.4 is 5.32 Å². The van der Waals surface area contributed by atoms with Gasteiger partial charge in [-0.3, -0.25) is 4.79 Å². The van der Waals surface area contributed by atoms with E-state index in [-0.39, 0.29) is 37.4 Å². The van der Waals surface area contributed by atoms with E-state index < -0.39 is 12.1 Å². The number of aliphatic carboxylic acids is 1. The second-order valence-electron chi connectivity index (χ2n) is 9.14. The fourth-order valence-electron chi connectivity index (χ4n) is 4.91. The van der Waals surface area contributed by atoms with Crippen LogP contribution in [0.4, 0.5) is 4.79 Å². The van der Waals surface area contributed by atoms with Crippen molar-refractivity contribution in [1.82, 2.24) is 10.2 Å². The van der Waals surface area contributed by atoms with E-state index in [0.717, 1.165) is 24.0 Å². The molecule has 2 aromatic rings. The molecule has 7 heteroatoms. The highest BCUT2D eigenvalue weighted by Gasteiger charge is 2.29. The van der Waals surface area contributed by atoms with E-state index in [4.69, 9.17) is 9.84 Å². The van der Waals surface area contributed by atoms with Crippen LogP contribution in [0.15, 0.2) is 60.2 Å². The van der Waals surface area contributed by atoms with Gasteiger partial charge in [0, 0.05) is 37.0 Å². The van der Waals surface area contributed by atoms with E-state index in [1.165, 1.54) is 11.1 Å². The number of ether oxygens (including phenoxy) is 1. The lowest BCUT2D eigenvalue weighted by Gasteiger charge is -2.27. The summed E-state index contributed by atoms with van der Waals surface area (Å²) in [6, 6.07) is 16.0. The van der Waals surface area contributed by atoms with Crippen molar-refractivity contribution >= 4 is 18.0 Å². The smallest absolute Gasteiger partial charge is 0.407 e. The molecule has 0 aromatic heterocycles. The number of benzene rings is 2. The van der Waals surface area contributed by atoms with Gasteiger partial charge in [-0.15, -0.1) is 0 Å². The number of nitrogens with one attached hydrogen (secondary N) is 1. The van der Waals surface area contributed by atoms with Crippen molar-refractivity contribution in [2.45, 2.75) is 51.0 Å². The number of amides is 2. The van der Waals surface area contributed by atoms with E-state index in [1.54, 1.807) is 11.0 Å². The molecule has 1 aliphatic heterocycles. The lowest BCUT2D eigenvalue weighted by atomic mass is 9.98. The van der Waals surface area contributed by atoms with Crippen LogP contribution in [0.5, 0.6) is 0 Å². The van der Waals surface area contributed by atoms with Gasteiger partial charge in [0.05, 0.1) is 0 Å². The minimum atomic E-state index is -0.935. The van der Waals surface area contributed by atoms with Gasteiger partial charge < -0.3 is 20.1 Å². The summed E-state index contributed by atoms with van der Waals surface area (Å²) in [6.07, 6.45) is 4.07. The summed E-state index contributed by atoms with van der Waals surface area (Å²) in [5, 5.41) is 12.0. The molecule has 0 saturated heterocycles. The summed E-state index contributed by atoms with van der Waals surface area (Å²) >= 11 is 0. The van der Waals surface area contributed by atoms with Gasteiger partial charge in [0.15, 0.2) is 0 Å². The number of carbonyl (C=O) groups is 3. The van der Waals surface area contributed by atoms with Gasteiger partial charge in [-0.2, -0.15) is 0 Å². The third kappa shape index (κ3) is 5.73. The van der Waals surface area contributed by atoms with Gasteiger partial charge in [-0.25, -0.2) is 9.59 Å². The first-order valence-electron chi connectivity index (χ1n) is 12.3. The number of carbonyl (C=O) groups excluding carboxylic acids is 2. The number of carboxylic acid groups (broad SMARTS) is 1. The lowest BCUT2D eigenvalue weighted by Crippen LogP contribution is -2.42. The van der Waals surface area contributed by atoms with Crippen molar-refractivity contribution in [3.05, 3.63) is 71.3 Å². The van der Waals surface area contributed by atoms with E-state index in [0.29, 0.717) is 25.0 Å². The highest BCUT2D eigenvalue weighted by atomic mass is 16.5. The average molecular weight is 477 g/mol. The Kier molecular flexibility index (Phi) is 7.85. The fourth-order valence-corrected chi connectivity index (χ4v) is 4.91. The number of nitrogens with zero attached hydrogens (tertiary/aromatic N) is 1. The van der Waals surface area contributed by atoms with Crippen LogP contribution in [-0.2, 0) is 14.3 Å². The number of hydrogen-bond acceptors (Lipinski definition) is 4. The van der Waals surface area contributed by atoms with E-state index in [9.17, 15) is 14.4 Å². The number of hydrogen-bond donors (Lipinski definition) is 2. The topological polar surface area (TPSA) is 95.9 Å². The van der Waals surface area contributed by atoms with Crippen molar-refractivity contribution < 1.29 is 24.2 Å². The highest BCUT2D eigenvalue weighted by Crippen LogP contribution is 2.44. The largest absolute Gasteiger partial charge is 0.478 e. The summed E-state index contributed by atoms with van der Waals surface area (Å²) in [6.45, 7) is 2.95. The van der Waals surface area contributed by atoms with Gasteiger partial charge >= 0.3 is 12.1 Å². The zero-order valence-corrected chi connectivity index (χ0v) is 20.0. The Labute approximate surface area is 205 Å². The average Bonchev–Trinajstić information content (AvgIpc) is 3.19. The zero-order chi connectivity index (χ0) is 24.8. The highest BCUT2D eigenvalue weighted by molar-refractivity contribution is 5.87.